The van der Waals surface area contributed by atoms with E-state index in [1.807, 2.05) is 6.07 Å². The third-order valence-electron chi connectivity index (χ3n) is 4.22. The van der Waals surface area contributed by atoms with Crippen molar-refractivity contribution >= 4 is 5.82 Å². The number of hydrogen-bond acceptors (Lipinski definition) is 4. The van der Waals surface area contributed by atoms with Crippen LogP contribution in [0.1, 0.15) is 69.8 Å². The fraction of sp³-hybridized carbons (Fsp3) is 0.733. The SMILES string of the molecule is CCCC1CCC(c2nc(CC)cc(NN)n2)CC1. The van der Waals surface area contributed by atoms with Crippen LogP contribution in [0.15, 0.2) is 6.07 Å². The van der Waals surface area contributed by atoms with E-state index < -0.39 is 0 Å². The maximum Gasteiger partial charge on any atom is 0.143 e. The van der Waals surface area contributed by atoms with Gasteiger partial charge in [0.15, 0.2) is 0 Å². The molecule has 1 aromatic heterocycles. The van der Waals surface area contributed by atoms with E-state index in [2.05, 4.69) is 29.2 Å². The van der Waals surface area contributed by atoms with Crippen molar-refractivity contribution in [2.24, 2.45) is 11.8 Å². The van der Waals surface area contributed by atoms with E-state index in [1.54, 1.807) is 0 Å². The molecule has 1 fully saturated rings. The van der Waals surface area contributed by atoms with Crippen LogP contribution in [0.25, 0.3) is 0 Å². The average molecular weight is 262 g/mol. The molecule has 3 N–H and O–H groups in total. The lowest BCUT2D eigenvalue weighted by Gasteiger charge is -2.27. The highest BCUT2D eigenvalue weighted by molar-refractivity contribution is 5.35. The molecule has 4 nitrogen and oxygen atoms in total. The first-order valence-corrected chi connectivity index (χ1v) is 7.61. The lowest BCUT2D eigenvalue weighted by Crippen LogP contribution is -2.17. The summed E-state index contributed by atoms with van der Waals surface area (Å²) in [5.74, 6) is 8.67. The van der Waals surface area contributed by atoms with Gasteiger partial charge in [-0.2, -0.15) is 0 Å². The van der Waals surface area contributed by atoms with Crippen molar-refractivity contribution in [3.05, 3.63) is 17.6 Å². The van der Waals surface area contributed by atoms with Gasteiger partial charge in [-0.05, 0) is 38.0 Å². The number of nitrogens with one attached hydrogen (secondary N) is 1. The number of nitrogens with two attached hydrogens (primary N) is 1. The van der Waals surface area contributed by atoms with Crippen LogP contribution in [0.2, 0.25) is 0 Å². The Hall–Kier alpha value is -1.16. The van der Waals surface area contributed by atoms with Gasteiger partial charge in [0.2, 0.25) is 0 Å². The van der Waals surface area contributed by atoms with Crippen molar-refractivity contribution in [2.75, 3.05) is 5.43 Å². The smallest absolute Gasteiger partial charge is 0.143 e. The summed E-state index contributed by atoms with van der Waals surface area (Å²) in [4.78, 5) is 9.24. The van der Waals surface area contributed by atoms with Gasteiger partial charge in [-0.15, -0.1) is 0 Å². The first-order chi connectivity index (χ1) is 9.26. The summed E-state index contributed by atoms with van der Waals surface area (Å²) in [6.45, 7) is 4.39. The third kappa shape index (κ3) is 3.66. The molecule has 0 spiro atoms. The van der Waals surface area contributed by atoms with Crippen molar-refractivity contribution in [1.82, 2.24) is 9.97 Å². The van der Waals surface area contributed by atoms with Gasteiger partial charge in [-0.25, -0.2) is 15.8 Å². The molecule has 0 unspecified atom stereocenters. The molecule has 4 heteroatoms. The number of aromatic nitrogens is 2. The maximum atomic E-state index is 5.49. The molecule has 0 bridgehead atoms. The zero-order valence-electron chi connectivity index (χ0n) is 12.2. The quantitative estimate of drug-likeness (QED) is 0.630. The predicted molar refractivity (Wildman–Crippen MR) is 78.8 cm³/mol. The zero-order chi connectivity index (χ0) is 13.7. The van der Waals surface area contributed by atoms with E-state index in [-0.39, 0.29) is 0 Å². The minimum absolute atomic E-state index is 0.520. The number of hydrazine groups is 1. The Labute approximate surface area is 116 Å². The standard InChI is InChI=1S/C15H26N4/c1-3-5-11-6-8-12(9-7-11)15-17-13(4-2)10-14(18-15)19-16/h10-12H,3-9,16H2,1-2H3,(H,17,18,19). The lowest BCUT2D eigenvalue weighted by molar-refractivity contribution is 0.302. The second-order valence-electron chi connectivity index (χ2n) is 5.61. The molecule has 1 saturated carbocycles. The zero-order valence-corrected chi connectivity index (χ0v) is 12.2. The Bertz CT molecular complexity index is 375. The van der Waals surface area contributed by atoms with E-state index in [4.69, 9.17) is 5.84 Å². The summed E-state index contributed by atoms with van der Waals surface area (Å²) >= 11 is 0. The van der Waals surface area contributed by atoms with Crippen LogP contribution in [0.4, 0.5) is 5.82 Å². The monoisotopic (exact) mass is 262 g/mol. The Kier molecular flexibility index (Phi) is 5.14. The highest BCUT2D eigenvalue weighted by Gasteiger charge is 2.24. The van der Waals surface area contributed by atoms with Gasteiger partial charge in [0, 0.05) is 17.7 Å². The molecule has 0 saturated heterocycles. The number of nitrogens with zero attached hydrogens (tertiary/aromatic N) is 2. The van der Waals surface area contributed by atoms with E-state index in [0.29, 0.717) is 5.92 Å². The summed E-state index contributed by atoms with van der Waals surface area (Å²) in [5, 5.41) is 0. The second-order valence-corrected chi connectivity index (χ2v) is 5.61. The summed E-state index contributed by atoms with van der Waals surface area (Å²) < 4.78 is 0. The van der Waals surface area contributed by atoms with Crippen molar-refractivity contribution in [3.63, 3.8) is 0 Å². The van der Waals surface area contributed by atoms with Gasteiger partial charge >= 0.3 is 0 Å². The van der Waals surface area contributed by atoms with Gasteiger partial charge in [0.1, 0.15) is 11.6 Å². The number of anilines is 1. The predicted octanol–water partition coefficient (Wildman–Crippen LogP) is 3.40. The molecule has 0 aromatic carbocycles. The molecule has 0 atom stereocenters. The Balaban J connectivity index is 2.06. The highest BCUT2D eigenvalue weighted by Crippen LogP contribution is 2.36. The second kappa shape index (κ2) is 6.85. The van der Waals surface area contributed by atoms with E-state index in [9.17, 15) is 0 Å². The summed E-state index contributed by atoms with van der Waals surface area (Å²) in [6.07, 6.45) is 8.70. The molecular formula is C15H26N4. The van der Waals surface area contributed by atoms with Crippen LogP contribution in [-0.2, 0) is 6.42 Å². The Morgan fingerprint density at radius 1 is 1.21 bits per heavy atom. The van der Waals surface area contributed by atoms with Crippen molar-refractivity contribution in [3.8, 4) is 0 Å². The van der Waals surface area contributed by atoms with Crippen molar-refractivity contribution in [1.29, 1.82) is 0 Å². The number of rotatable bonds is 5. The molecule has 2 rings (SSSR count). The van der Waals surface area contributed by atoms with Crippen LogP contribution in [0, 0.1) is 5.92 Å². The number of nitrogen functional groups attached to an aromatic ring is 1. The molecule has 0 aliphatic heterocycles. The topological polar surface area (TPSA) is 63.8 Å². The van der Waals surface area contributed by atoms with Crippen LogP contribution >= 0.6 is 0 Å². The molecule has 1 aliphatic carbocycles. The van der Waals surface area contributed by atoms with Gasteiger partial charge < -0.3 is 5.43 Å². The van der Waals surface area contributed by atoms with Crippen LogP contribution in [0.3, 0.4) is 0 Å². The van der Waals surface area contributed by atoms with Crippen LogP contribution < -0.4 is 11.3 Å². The molecular weight excluding hydrogens is 236 g/mol. The van der Waals surface area contributed by atoms with Gasteiger partial charge in [-0.1, -0.05) is 26.7 Å². The van der Waals surface area contributed by atoms with Gasteiger partial charge in [0.25, 0.3) is 0 Å². The van der Waals surface area contributed by atoms with Crippen molar-refractivity contribution < 1.29 is 0 Å². The average Bonchev–Trinajstić information content (AvgIpc) is 2.47. The van der Waals surface area contributed by atoms with Gasteiger partial charge in [-0.3, -0.25) is 0 Å². The summed E-state index contributed by atoms with van der Waals surface area (Å²) in [5.41, 5.74) is 3.74. The molecule has 1 heterocycles. The number of hydrogen-bond donors (Lipinski definition) is 2. The molecule has 0 amide bonds. The largest absolute Gasteiger partial charge is 0.308 e. The van der Waals surface area contributed by atoms with E-state index in [1.165, 1.54) is 38.5 Å². The van der Waals surface area contributed by atoms with Crippen LogP contribution in [0.5, 0.6) is 0 Å². The fourth-order valence-corrected chi connectivity index (χ4v) is 3.07. The van der Waals surface area contributed by atoms with E-state index in [0.717, 1.165) is 29.7 Å². The molecule has 0 radical (unpaired) electrons. The van der Waals surface area contributed by atoms with Crippen molar-refractivity contribution in [2.45, 2.75) is 64.7 Å². The maximum absolute atomic E-state index is 5.49. The van der Waals surface area contributed by atoms with Crippen LogP contribution in [-0.4, -0.2) is 9.97 Å². The normalized spacial score (nSPS) is 23.3. The Morgan fingerprint density at radius 2 is 1.95 bits per heavy atom. The summed E-state index contributed by atoms with van der Waals surface area (Å²) in [7, 11) is 0. The van der Waals surface area contributed by atoms with E-state index >= 15 is 0 Å². The first kappa shape index (κ1) is 14.3. The fourth-order valence-electron chi connectivity index (χ4n) is 3.07. The van der Waals surface area contributed by atoms with Gasteiger partial charge in [0.05, 0.1) is 0 Å². The minimum Gasteiger partial charge on any atom is -0.308 e. The number of aryl methyl sites for hydroxylation is 1. The summed E-state index contributed by atoms with van der Waals surface area (Å²) in [6, 6.07) is 1.94. The minimum atomic E-state index is 0.520. The highest BCUT2D eigenvalue weighted by atomic mass is 15.3. The lowest BCUT2D eigenvalue weighted by atomic mass is 9.80. The first-order valence-electron chi connectivity index (χ1n) is 7.61. The molecule has 1 aliphatic rings. The molecule has 106 valence electrons. The Morgan fingerprint density at radius 3 is 2.53 bits per heavy atom. The molecule has 19 heavy (non-hydrogen) atoms. The molecule has 1 aromatic rings. The third-order valence-corrected chi connectivity index (χ3v) is 4.22.